The van der Waals surface area contributed by atoms with Crippen LogP contribution in [-0.4, -0.2) is 9.97 Å². The van der Waals surface area contributed by atoms with Crippen LogP contribution >= 0.6 is 46.4 Å². The lowest BCUT2D eigenvalue weighted by atomic mass is 10.2. The Balaban J connectivity index is 2.08. The molecule has 3 nitrogen and oxygen atoms in total. The van der Waals surface area contributed by atoms with Crippen molar-refractivity contribution in [3.05, 3.63) is 43.9 Å². The van der Waals surface area contributed by atoms with E-state index in [4.69, 9.17) is 46.4 Å². The Morgan fingerprint density at radius 3 is 2.43 bits per heavy atom. The summed E-state index contributed by atoms with van der Waals surface area (Å²) < 4.78 is 0. The third kappa shape index (κ3) is 4.43. The van der Waals surface area contributed by atoms with Crippen molar-refractivity contribution in [3.8, 4) is 0 Å². The van der Waals surface area contributed by atoms with Gasteiger partial charge >= 0.3 is 0 Å². The highest BCUT2D eigenvalue weighted by atomic mass is 35.5. The van der Waals surface area contributed by atoms with Crippen molar-refractivity contribution in [3.63, 3.8) is 0 Å². The summed E-state index contributed by atoms with van der Waals surface area (Å²) in [4.78, 5) is 7.52. The molecular weight excluding hydrogens is 352 g/mol. The van der Waals surface area contributed by atoms with Crippen LogP contribution in [0, 0.1) is 0 Å². The van der Waals surface area contributed by atoms with E-state index in [0.29, 0.717) is 32.5 Å². The molecule has 0 aliphatic heterocycles. The molecule has 2 N–H and O–H groups in total. The van der Waals surface area contributed by atoms with E-state index >= 15 is 0 Å². The number of aromatic nitrogens is 2. The predicted octanol–water partition coefficient (Wildman–Crippen LogP) is 5.98. The number of nitrogens with zero attached hydrogens (tertiary/aromatic N) is 1. The Bertz CT molecular complexity index is 602. The van der Waals surface area contributed by atoms with Gasteiger partial charge in [0.2, 0.25) is 0 Å². The quantitative estimate of drug-likeness (QED) is 0.660. The van der Waals surface area contributed by atoms with E-state index < -0.39 is 0 Å². The zero-order chi connectivity index (χ0) is 15.4. The molecule has 2 rings (SSSR count). The number of aryl methyl sites for hydroxylation is 1. The van der Waals surface area contributed by atoms with Crippen molar-refractivity contribution in [2.75, 3.05) is 5.32 Å². The minimum Gasteiger partial charge on any atom is -0.377 e. The van der Waals surface area contributed by atoms with Crippen molar-refractivity contribution in [2.24, 2.45) is 0 Å². The number of hydrogen-bond acceptors (Lipinski definition) is 2. The Hall–Kier alpha value is -0.610. The zero-order valence-corrected chi connectivity index (χ0v) is 14.5. The fourth-order valence-electron chi connectivity index (χ4n) is 1.91. The number of anilines is 1. The number of imidazole rings is 1. The number of halogens is 4. The lowest BCUT2D eigenvalue weighted by Crippen LogP contribution is -2.02. The van der Waals surface area contributed by atoms with Crippen molar-refractivity contribution in [1.82, 2.24) is 9.97 Å². The first-order valence-corrected chi connectivity index (χ1v) is 8.14. The van der Waals surface area contributed by atoms with Gasteiger partial charge in [0.05, 0.1) is 28.0 Å². The lowest BCUT2D eigenvalue weighted by Gasteiger charge is -2.10. The molecule has 0 atom stereocenters. The Morgan fingerprint density at radius 2 is 1.81 bits per heavy atom. The third-order valence-corrected chi connectivity index (χ3v) is 4.12. The highest BCUT2D eigenvalue weighted by Gasteiger charge is 2.11. The van der Waals surface area contributed by atoms with Crippen LogP contribution in [0.4, 0.5) is 5.69 Å². The SMILES string of the molecule is CCCCc1nc(Cl)c(CNc2c(Cl)cc(Cl)cc2Cl)[nH]1. The molecule has 0 bridgehead atoms. The molecule has 1 aromatic carbocycles. The highest BCUT2D eigenvalue weighted by molar-refractivity contribution is 6.41. The van der Waals surface area contributed by atoms with Crippen molar-refractivity contribution < 1.29 is 0 Å². The van der Waals surface area contributed by atoms with Crippen LogP contribution in [0.5, 0.6) is 0 Å². The number of hydrogen-bond donors (Lipinski definition) is 2. The standard InChI is InChI=1S/C14H15Cl4N3/c1-2-3-4-12-20-11(14(18)21-12)7-19-13-9(16)5-8(15)6-10(13)17/h5-6,19H,2-4,7H2,1H3,(H,20,21). The molecule has 0 spiro atoms. The van der Waals surface area contributed by atoms with Gasteiger partial charge in [0, 0.05) is 11.4 Å². The van der Waals surface area contributed by atoms with Crippen LogP contribution < -0.4 is 5.32 Å². The largest absolute Gasteiger partial charge is 0.377 e. The molecule has 1 aromatic heterocycles. The molecule has 0 fully saturated rings. The van der Waals surface area contributed by atoms with E-state index in [1.165, 1.54) is 0 Å². The topological polar surface area (TPSA) is 40.7 Å². The molecule has 21 heavy (non-hydrogen) atoms. The zero-order valence-electron chi connectivity index (χ0n) is 11.4. The Morgan fingerprint density at radius 1 is 1.14 bits per heavy atom. The van der Waals surface area contributed by atoms with Gasteiger partial charge in [0.25, 0.3) is 0 Å². The number of H-pyrrole nitrogens is 1. The van der Waals surface area contributed by atoms with E-state index in [1.807, 2.05) is 0 Å². The normalized spacial score (nSPS) is 10.9. The summed E-state index contributed by atoms with van der Waals surface area (Å²) in [5, 5.41) is 5.06. The van der Waals surface area contributed by atoms with Gasteiger partial charge in [-0.25, -0.2) is 4.98 Å². The van der Waals surface area contributed by atoms with Crippen LogP contribution in [0.15, 0.2) is 12.1 Å². The fourth-order valence-corrected chi connectivity index (χ4v) is 3.07. The number of nitrogens with one attached hydrogen (secondary N) is 2. The van der Waals surface area contributed by atoms with E-state index in [1.54, 1.807) is 12.1 Å². The monoisotopic (exact) mass is 365 g/mol. The van der Waals surface area contributed by atoms with Crippen LogP contribution in [-0.2, 0) is 13.0 Å². The summed E-state index contributed by atoms with van der Waals surface area (Å²) in [6.07, 6.45) is 3.08. The van der Waals surface area contributed by atoms with Crippen molar-refractivity contribution in [1.29, 1.82) is 0 Å². The van der Waals surface area contributed by atoms with Crippen LogP contribution in [0.2, 0.25) is 20.2 Å². The second-order valence-corrected chi connectivity index (χ2v) is 6.26. The molecular formula is C14H15Cl4N3. The molecule has 1 heterocycles. The molecule has 0 saturated heterocycles. The van der Waals surface area contributed by atoms with E-state index in [2.05, 4.69) is 22.2 Å². The first kappa shape index (κ1) is 16.8. The Kier molecular flexibility index (Phi) is 6.06. The van der Waals surface area contributed by atoms with Crippen LogP contribution in [0.25, 0.3) is 0 Å². The summed E-state index contributed by atoms with van der Waals surface area (Å²) in [5.41, 5.74) is 1.44. The van der Waals surface area contributed by atoms with Crippen LogP contribution in [0.3, 0.4) is 0 Å². The summed E-state index contributed by atoms with van der Waals surface area (Å²) in [6.45, 7) is 2.59. The lowest BCUT2D eigenvalue weighted by molar-refractivity contribution is 0.760. The van der Waals surface area contributed by atoms with E-state index in [-0.39, 0.29) is 0 Å². The molecule has 0 amide bonds. The molecule has 7 heteroatoms. The molecule has 0 aliphatic carbocycles. The second-order valence-electron chi connectivity index (χ2n) is 4.65. The van der Waals surface area contributed by atoms with Gasteiger partial charge in [-0.15, -0.1) is 0 Å². The molecule has 0 unspecified atom stereocenters. The average molecular weight is 367 g/mol. The van der Waals surface area contributed by atoms with Crippen LogP contribution in [0.1, 0.15) is 31.3 Å². The third-order valence-electron chi connectivity index (χ3n) is 2.99. The molecule has 0 radical (unpaired) electrons. The van der Waals surface area contributed by atoms with E-state index in [9.17, 15) is 0 Å². The summed E-state index contributed by atoms with van der Waals surface area (Å²) >= 11 is 24.3. The maximum Gasteiger partial charge on any atom is 0.152 e. The maximum atomic E-state index is 6.13. The minimum atomic E-state index is 0.457. The molecule has 0 aliphatic rings. The smallest absolute Gasteiger partial charge is 0.152 e. The van der Waals surface area contributed by atoms with Gasteiger partial charge in [0.15, 0.2) is 5.15 Å². The van der Waals surface area contributed by atoms with Gasteiger partial charge in [-0.05, 0) is 18.6 Å². The van der Waals surface area contributed by atoms with Crippen molar-refractivity contribution in [2.45, 2.75) is 32.7 Å². The van der Waals surface area contributed by atoms with Gasteiger partial charge in [-0.1, -0.05) is 59.7 Å². The second kappa shape index (κ2) is 7.59. The van der Waals surface area contributed by atoms with E-state index in [0.717, 1.165) is 30.8 Å². The first-order chi connectivity index (χ1) is 10.0. The summed E-state index contributed by atoms with van der Waals surface area (Å²) in [6, 6.07) is 3.27. The number of unbranched alkanes of at least 4 members (excludes halogenated alkanes) is 1. The molecule has 114 valence electrons. The van der Waals surface area contributed by atoms with Gasteiger partial charge < -0.3 is 10.3 Å². The Labute approximate surface area is 144 Å². The number of rotatable bonds is 6. The van der Waals surface area contributed by atoms with Gasteiger partial charge in [-0.2, -0.15) is 0 Å². The minimum absolute atomic E-state index is 0.457. The number of aromatic amines is 1. The van der Waals surface area contributed by atoms with Crippen molar-refractivity contribution >= 4 is 52.1 Å². The number of benzene rings is 1. The molecule has 2 aromatic rings. The molecule has 0 saturated carbocycles. The maximum absolute atomic E-state index is 6.13. The predicted molar refractivity (Wildman–Crippen MR) is 91.0 cm³/mol. The summed E-state index contributed by atoms with van der Waals surface area (Å²) in [5.74, 6) is 0.895. The first-order valence-electron chi connectivity index (χ1n) is 6.63. The summed E-state index contributed by atoms with van der Waals surface area (Å²) in [7, 11) is 0. The average Bonchev–Trinajstić information content (AvgIpc) is 2.76. The van der Waals surface area contributed by atoms with Gasteiger partial charge in [0.1, 0.15) is 5.82 Å². The fraction of sp³-hybridized carbons (Fsp3) is 0.357. The highest BCUT2D eigenvalue weighted by Crippen LogP contribution is 2.34. The van der Waals surface area contributed by atoms with Gasteiger partial charge in [-0.3, -0.25) is 0 Å².